The molecule has 25 rings (SSSR count). The van der Waals surface area contributed by atoms with Gasteiger partial charge in [-0.1, -0.05) is 194 Å². The molecule has 0 unspecified atom stereocenters. The summed E-state index contributed by atoms with van der Waals surface area (Å²) in [5, 5.41) is 68.4. The van der Waals surface area contributed by atoms with Gasteiger partial charge in [0.15, 0.2) is 0 Å². The molecule has 0 saturated carbocycles. The van der Waals surface area contributed by atoms with Crippen molar-refractivity contribution in [2.75, 3.05) is 0 Å². The van der Waals surface area contributed by atoms with E-state index in [1.807, 2.05) is 137 Å². The lowest BCUT2D eigenvalue weighted by Gasteiger charge is -2.27. The van der Waals surface area contributed by atoms with Gasteiger partial charge in [0.1, 0.15) is 58.2 Å². The van der Waals surface area contributed by atoms with Crippen molar-refractivity contribution < 1.29 is 79.0 Å². The van der Waals surface area contributed by atoms with Gasteiger partial charge in [0.25, 0.3) is 0 Å². The molecule has 12 nitrogen and oxygen atoms in total. The van der Waals surface area contributed by atoms with Crippen LogP contribution in [0.3, 0.4) is 0 Å². The number of nitriles is 5. The largest absolute Gasteiger partial charge is 0.416 e. The summed E-state index contributed by atoms with van der Waals surface area (Å²) in [6.07, 6.45) is -29.9. The van der Waals surface area contributed by atoms with E-state index in [1.165, 1.54) is 16.7 Å². The molecular formula is C115H54F18N12. The summed E-state index contributed by atoms with van der Waals surface area (Å²) in [7, 11) is 0. The van der Waals surface area contributed by atoms with Crippen LogP contribution in [-0.2, 0) is 37.1 Å². The van der Waals surface area contributed by atoms with E-state index in [4.69, 9.17) is 0 Å². The van der Waals surface area contributed by atoms with E-state index in [0.29, 0.717) is 114 Å². The first kappa shape index (κ1) is 88.9. The summed E-state index contributed by atoms with van der Waals surface area (Å²) < 4.78 is 277. The van der Waals surface area contributed by atoms with Gasteiger partial charge in [-0.25, -0.2) is 0 Å². The van der Waals surface area contributed by atoms with Gasteiger partial charge >= 0.3 is 37.1 Å². The first-order valence-corrected chi connectivity index (χ1v) is 44.6. The van der Waals surface area contributed by atoms with Crippen LogP contribution in [0.1, 0.15) is 61.2 Å². The van der Waals surface area contributed by atoms with Gasteiger partial charge in [-0.3, -0.25) is 0 Å². The fourth-order valence-corrected chi connectivity index (χ4v) is 21.4. The Labute approximate surface area is 803 Å². The minimum Gasteiger partial charge on any atom is -0.306 e. The number of aromatic nitrogens is 7. The number of halogens is 18. The lowest BCUT2D eigenvalue weighted by molar-refractivity contribution is -0.138. The standard InChI is InChI=1S/C66H34F6N6.C49H20F12N6/c67-65(68,69)41-25-27-47-43-17-5-9-21-53(43)77(59(47)33-41)63-52(36-74)61(75-55-23-11-7-19-45(55)49-29-37-13-1-3-15-39(37)31-57(49)75)51(35-73)62(76-56-24-12-8-20-46(56)50-30-38-14-2-4-16-40(38)32-58(50)76)64(63)78-54-22-10-6-18-44(54)48-28-26-42(34-60(48)78)66(70,71)72;50-46(51,52)24-9-13-30-31-14-10-25(47(53,54)55)18-40(31)66(39(30)17-24)44-34(21-62)43(65-37-7-3-1-5-28(37)29-6-2-4-8-38(29)65)35(22-63)45(36(44)23-64)67-41-19-26(48(56,57)58)11-15-32(41)33-16-12-27(20-42(33)67)49(59,60)61/h1-34H;1-20H. The summed E-state index contributed by atoms with van der Waals surface area (Å²) in [5.74, 6) is 0. The van der Waals surface area contributed by atoms with E-state index in [2.05, 4.69) is 24.3 Å². The van der Waals surface area contributed by atoms with Crippen LogP contribution in [0.4, 0.5) is 79.0 Å². The zero-order chi connectivity index (χ0) is 101. The van der Waals surface area contributed by atoms with Crippen LogP contribution >= 0.6 is 0 Å². The zero-order valence-electron chi connectivity index (χ0n) is 73.8. The quantitative estimate of drug-likeness (QED) is 0.145. The summed E-state index contributed by atoms with van der Waals surface area (Å²) in [6.45, 7) is 0. The molecule has 0 radical (unpaired) electrons. The Kier molecular flexibility index (Phi) is 19.4. The van der Waals surface area contributed by atoms with Crippen LogP contribution in [0.5, 0.6) is 0 Å². The fourth-order valence-electron chi connectivity index (χ4n) is 21.4. The Balaban J connectivity index is 0.000000158. The molecule has 0 saturated heterocycles. The molecule has 18 aromatic carbocycles. The minimum absolute atomic E-state index is 0.0217. The van der Waals surface area contributed by atoms with Crippen molar-refractivity contribution in [3.8, 4) is 70.2 Å². The monoisotopic (exact) mass is 1940 g/mol. The van der Waals surface area contributed by atoms with Crippen molar-refractivity contribution in [3.63, 3.8) is 0 Å². The molecular weight excluding hydrogens is 1890 g/mol. The van der Waals surface area contributed by atoms with Crippen LogP contribution in [-0.4, -0.2) is 32.0 Å². The maximum absolute atomic E-state index is 15.3. The molecule has 25 aromatic rings. The molecule has 7 heterocycles. The topological polar surface area (TPSA) is 153 Å². The smallest absolute Gasteiger partial charge is 0.306 e. The van der Waals surface area contributed by atoms with Crippen LogP contribution < -0.4 is 0 Å². The average Bonchev–Trinajstić information content (AvgIpc) is 1.54. The second-order valence-electron chi connectivity index (χ2n) is 35.1. The molecule has 145 heavy (non-hydrogen) atoms. The summed E-state index contributed by atoms with van der Waals surface area (Å²) in [4.78, 5) is 0. The van der Waals surface area contributed by atoms with E-state index in [0.717, 1.165) is 101 Å². The van der Waals surface area contributed by atoms with Gasteiger partial charge < -0.3 is 32.0 Å². The third kappa shape index (κ3) is 13.4. The van der Waals surface area contributed by atoms with Crippen LogP contribution in [0.15, 0.2) is 328 Å². The minimum atomic E-state index is -5.07. The van der Waals surface area contributed by atoms with Crippen molar-refractivity contribution in [1.82, 2.24) is 32.0 Å². The number of fused-ring (bicyclic) bond motifs is 23. The van der Waals surface area contributed by atoms with E-state index in [-0.39, 0.29) is 77.5 Å². The fraction of sp³-hybridized carbons (Fsp3) is 0.0522. The number of benzene rings is 18. The maximum atomic E-state index is 15.3. The number of rotatable bonds is 7. The Morgan fingerprint density at radius 3 is 0.510 bits per heavy atom. The number of hydrogen-bond donors (Lipinski definition) is 0. The molecule has 0 N–H and O–H groups in total. The second kappa shape index (κ2) is 31.6. The summed E-state index contributed by atoms with van der Waals surface area (Å²) in [6, 6.07) is 93.2. The van der Waals surface area contributed by atoms with Gasteiger partial charge in [0.05, 0.1) is 150 Å². The first-order chi connectivity index (χ1) is 69.6. The molecule has 0 aliphatic heterocycles. The normalized spacial score (nSPS) is 12.6. The predicted molar refractivity (Wildman–Crippen MR) is 522 cm³/mol. The van der Waals surface area contributed by atoms with Crippen LogP contribution in [0, 0.1) is 56.7 Å². The number of hydrogen-bond acceptors (Lipinski definition) is 5. The highest BCUT2D eigenvalue weighted by Crippen LogP contribution is 2.55. The highest BCUT2D eigenvalue weighted by atomic mass is 19.4. The Hall–Kier alpha value is -18.7. The summed E-state index contributed by atoms with van der Waals surface area (Å²) in [5.41, 5.74) is -9.00. The molecule has 700 valence electrons. The zero-order valence-corrected chi connectivity index (χ0v) is 73.8. The van der Waals surface area contributed by atoms with Gasteiger partial charge in [-0.05, 0) is 155 Å². The Bertz CT molecular complexity index is 9910. The molecule has 30 heteroatoms. The maximum Gasteiger partial charge on any atom is 0.416 e. The lowest BCUT2D eigenvalue weighted by Crippen LogP contribution is -2.17. The van der Waals surface area contributed by atoms with E-state index in [1.54, 1.807) is 106 Å². The number of para-hydroxylation sites is 6. The summed E-state index contributed by atoms with van der Waals surface area (Å²) >= 11 is 0. The van der Waals surface area contributed by atoms with Gasteiger partial charge in [-0.15, -0.1) is 0 Å². The highest BCUT2D eigenvalue weighted by molar-refractivity contribution is 6.21. The molecule has 0 fully saturated rings. The molecule has 0 spiro atoms. The van der Waals surface area contributed by atoms with E-state index in [9.17, 15) is 79.0 Å². The molecule has 7 aromatic heterocycles. The Morgan fingerprint density at radius 1 is 0.145 bits per heavy atom. The van der Waals surface area contributed by atoms with Gasteiger partial charge in [0.2, 0.25) is 0 Å². The van der Waals surface area contributed by atoms with Crippen LogP contribution in [0.2, 0.25) is 0 Å². The van der Waals surface area contributed by atoms with Crippen LogP contribution in [0.25, 0.3) is 214 Å². The van der Waals surface area contributed by atoms with Gasteiger partial charge in [-0.2, -0.15) is 105 Å². The van der Waals surface area contributed by atoms with E-state index >= 15 is 26.3 Å². The third-order valence-corrected chi connectivity index (χ3v) is 27.4. The van der Waals surface area contributed by atoms with Gasteiger partial charge in [0, 0.05) is 75.4 Å². The molecule has 0 aliphatic rings. The predicted octanol–water partition coefficient (Wildman–Crippen LogP) is 32.8. The van der Waals surface area contributed by atoms with Crippen molar-refractivity contribution >= 4 is 174 Å². The molecule has 0 aliphatic carbocycles. The molecule has 0 bridgehead atoms. The number of alkyl halides is 18. The average molecular weight is 1950 g/mol. The van der Waals surface area contributed by atoms with E-state index < -0.39 is 126 Å². The second-order valence-corrected chi connectivity index (χ2v) is 35.1. The number of nitrogens with zero attached hydrogens (tertiary/aromatic N) is 12. The lowest BCUT2D eigenvalue weighted by atomic mass is 9.96. The Morgan fingerprint density at radius 2 is 0.297 bits per heavy atom. The van der Waals surface area contributed by atoms with Crippen molar-refractivity contribution in [3.05, 3.63) is 389 Å². The molecule has 0 atom stereocenters. The first-order valence-electron chi connectivity index (χ1n) is 44.6. The van der Waals surface area contributed by atoms with Crippen molar-refractivity contribution in [2.24, 2.45) is 0 Å². The third-order valence-electron chi connectivity index (χ3n) is 27.4. The van der Waals surface area contributed by atoms with Crippen molar-refractivity contribution in [2.45, 2.75) is 37.1 Å². The SMILES string of the molecule is N#Cc1c(-n2c3ccccc3c3cc4ccccc4cc32)c(C#N)c(-n2c3ccccc3c3cc4ccccc4cc32)c(-n2c3ccccc3c3ccc(C(F)(F)F)cc32)c1-n1c2ccccc2c2ccc(C(F)(F)F)cc21.N#Cc1c(-n2c3ccccc3c3ccccc32)c(C#N)c(-n2c3cc(C(F)(F)F)ccc3c3ccc(C(F)(F)F)cc32)c(C#N)c1-n1c2cc(C(F)(F)F)ccc2c2ccc(C(F)(F)F)cc21. The molecule has 0 amide bonds. The highest BCUT2D eigenvalue weighted by Gasteiger charge is 2.43. The van der Waals surface area contributed by atoms with Crippen molar-refractivity contribution in [1.29, 1.82) is 26.3 Å².